The second kappa shape index (κ2) is 7.03. The second-order valence-electron chi connectivity index (χ2n) is 6.25. The van der Waals surface area contributed by atoms with Gasteiger partial charge in [-0.1, -0.05) is 42.5 Å². The average molecular weight is 288 g/mol. The number of quaternary nitrogens is 1. The minimum Gasteiger partial charge on any atom is -0.388 e. The molecule has 0 aliphatic carbocycles. The van der Waals surface area contributed by atoms with Crippen LogP contribution in [0.4, 0.5) is 0 Å². The first-order chi connectivity index (χ1) is 10.0. The van der Waals surface area contributed by atoms with Crippen LogP contribution in [0.3, 0.4) is 0 Å². The number of nitrogens with zero attached hydrogens (tertiary/aromatic N) is 1. The molecule has 0 bridgehead atoms. The molecule has 2 rings (SSSR count). The van der Waals surface area contributed by atoms with Gasteiger partial charge in [0.2, 0.25) is 0 Å². The average Bonchev–Trinajstić information content (AvgIpc) is 2.50. The first kappa shape index (κ1) is 16.0. The van der Waals surface area contributed by atoms with Crippen LogP contribution in [0.15, 0.2) is 42.5 Å². The van der Waals surface area contributed by atoms with Crippen molar-refractivity contribution in [1.29, 1.82) is 0 Å². The molecule has 0 aliphatic heterocycles. The van der Waals surface area contributed by atoms with Crippen molar-refractivity contribution < 1.29 is 14.3 Å². The summed E-state index contributed by atoms with van der Waals surface area (Å²) >= 11 is 0. The van der Waals surface area contributed by atoms with E-state index in [9.17, 15) is 5.11 Å². The van der Waals surface area contributed by atoms with Crippen molar-refractivity contribution in [2.75, 3.05) is 40.9 Å². The first-order valence-corrected chi connectivity index (χ1v) is 7.50. The SMILES string of the molecule is COCC[N+](C)(C)CCC(O)c1cccc2ccccc12. The van der Waals surface area contributed by atoms with Gasteiger partial charge in [-0.3, -0.25) is 0 Å². The minimum absolute atomic E-state index is 0.420. The van der Waals surface area contributed by atoms with Crippen LogP contribution in [0, 0.1) is 0 Å². The molecular formula is C18H26NO2+. The highest BCUT2D eigenvalue weighted by Crippen LogP contribution is 2.26. The molecule has 0 aliphatic rings. The van der Waals surface area contributed by atoms with Gasteiger partial charge in [0.15, 0.2) is 0 Å². The quantitative estimate of drug-likeness (QED) is 0.794. The molecule has 3 heteroatoms. The Hall–Kier alpha value is -1.42. The molecule has 1 unspecified atom stereocenters. The Kier molecular flexibility index (Phi) is 5.34. The van der Waals surface area contributed by atoms with Gasteiger partial charge in [0.25, 0.3) is 0 Å². The molecule has 0 spiro atoms. The molecule has 0 saturated heterocycles. The summed E-state index contributed by atoms with van der Waals surface area (Å²) in [6.45, 7) is 2.63. The van der Waals surface area contributed by atoms with Gasteiger partial charge in [0, 0.05) is 13.5 Å². The highest BCUT2D eigenvalue weighted by Gasteiger charge is 2.19. The molecule has 2 aromatic rings. The van der Waals surface area contributed by atoms with Crippen LogP contribution >= 0.6 is 0 Å². The number of fused-ring (bicyclic) bond motifs is 1. The summed E-state index contributed by atoms with van der Waals surface area (Å²) in [7, 11) is 6.08. The van der Waals surface area contributed by atoms with Crippen molar-refractivity contribution in [3.63, 3.8) is 0 Å². The first-order valence-electron chi connectivity index (χ1n) is 7.50. The van der Waals surface area contributed by atoms with Crippen LogP contribution < -0.4 is 0 Å². The molecule has 2 aromatic carbocycles. The predicted octanol–water partition coefficient (Wildman–Crippen LogP) is 2.99. The molecule has 3 nitrogen and oxygen atoms in total. The maximum absolute atomic E-state index is 10.6. The summed E-state index contributed by atoms with van der Waals surface area (Å²) in [6.07, 6.45) is 0.334. The van der Waals surface area contributed by atoms with E-state index in [0.29, 0.717) is 0 Å². The summed E-state index contributed by atoms with van der Waals surface area (Å²) in [5.41, 5.74) is 1.03. The van der Waals surface area contributed by atoms with E-state index in [4.69, 9.17) is 4.74 Å². The summed E-state index contributed by atoms with van der Waals surface area (Å²) in [5, 5.41) is 12.9. The fourth-order valence-corrected chi connectivity index (χ4v) is 2.62. The van der Waals surface area contributed by atoms with Crippen molar-refractivity contribution in [1.82, 2.24) is 0 Å². The number of hydrogen-bond donors (Lipinski definition) is 1. The molecule has 114 valence electrons. The third-order valence-electron chi connectivity index (χ3n) is 4.09. The zero-order valence-corrected chi connectivity index (χ0v) is 13.2. The summed E-state index contributed by atoms with van der Waals surface area (Å²) in [5.74, 6) is 0. The molecule has 0 aromatic heterocycles. The number of hydrogen-bond acceptors (Lipinski definition) is 2. The number of methoxy groups -OCH3 is 1. The molecule has 1 N–H and O–H groups in total. The van der Waals surface area contributed by atoms with Gasteiger partial charge in [-0.2, -0.15) is 0 Å². The van der Waals surface area contributed by atoms with E-state index in [-0.39, 0.29) is 0 Å². The number of rotatable bonds is 7. The highest BCUT2D eigenvalue weighted by atomic mass is 16.5. The van der Waals surface area contributed by atoms with Crippen molar-refractivity contribution in [2.45, 2.75) is 12.5 Å². The number of ether oxygens (including phenoxy) is 1. The number of aliphatic hydroxyl groups is 1. The van der Waals surface area contributed by atoms with E-state index in [2.05, 4.69) is 32.3 Å². The Bertz CT molecular complexity index is 575. The molecule has 1 atom stereocenters. The third kappa shape index (κ3) is 4.27. The maximum atomic E-state index is 10.6. The second-order valence-corrected chi connectivity index (χ2v) is 6.25. The zero-order valence-electron chi connectivity index (χ0n) is 13.2. The van der Waals surface area contributed by atoms with Gasteiger partial charge in [-0.05, 0) is 16.3 Å². The van der Waals surface area contributed by atoms with Gasteiger partial charge in [0.05, 0.1) is 33.4 Å². The normalized spacial score (nSPS) is 13.5. The van der Waals surface area contributed by atoms with E-state index in [1.54, 1.807) is 7.11 Å². The molecule has 0 radical (unpaired) electrons. The van der Waals surface area contributed by atoms with Crippen LogP contribution in [0.25, 0.3) is 10.8 Å². The standard InChI is InChI=1S/C18H26NO2/c1-19(2,13-14-21-3)12-11-18(20)17-10-6-8-15-7-4-5-9-16(15)17/h4-10,18,20H,11-14H2,1-3H3/q+1. The lowest BCUT2D eigenvalue weighted by Crippen LogP contribution is -2.43. The highest BCUT2D eigenvalue weighted by molar-refractivity contribution is 5.85. The molecule has 0 saturated carbocycles. The van der Waals surface area contributed by atoms with E-state index in [0.717, 1.165) is 41.5 Å². The Morgan fingerprint density at radius 1 is 1.05 bits per heavy atom. The van der Waals surface area contributed by atoms with Crippen LogP contribution in [0.2, 0.25) is 0 Å². The Morgan fingerprint density at radius 3 is 2.52 bits per heavy atom. The van der Waals surface area contributed by atoms with E-state index in [1.807, 2.05) is 24.3 Å². The van der Waals surface area contributed by atoms with Gasteiger partial charge in [-0.15, -0.1) is 0 Å². The number of aliphatic hydroxyl groups excluding tert-OH is 1. The zero-order chi connectivity index (χ0) is 15.3. The topological polar surface area (TPSA) is 29.5 Å². The fourth-order valence-electron chi connectivity index (χ4n) is 2.62. The minimum atomic E-state index is -0.420. The van der Waals surface area contributed by atoms with Gasteiger partial charge in [0.1, 0.15) is 6.54 Å². The largest absolute Gasteiger partial charge is 0.388 e. The number of benzene rings is 2. The Morgan fingerprint density at radius 2 is 1.76 bits per heavy atom. The van der Waals surface area contributed by atoms with E-state index in [1.165, 1.54) is 5.39 Å². The van der Waals surface area contributed by atoms with Gasteiger partial charge < -0.3 is 14.3 Å². The van der Waals surface area contributed by atoms with Crippen LogP contribution in [0.1, 0.15) is 18.1 Å². The monoisotopic (exact) mass is 288 g/mol. The summed E-state index contributed by atoms with van der Waals surface area (Å²) in [4.78, 5) is 0. The predicted molar refractivity (Wildman–Crippen MR) is 87.2 cm³/mol. The molecule has 0 fully saturated rings. The van der Waals surface area contributed by atoms with E-state index >= 15 is 0 Å². The molecule has 0 heterocycles. The van der Waals surface area contributed by atoms with Crippen molar-refractivity contribution >= 4 is 10.8 Å². The lowest BCUT2D eigenvalue weighted by Gasteiger charge is -2.30. The Balaban J connectivity index is 2.07. The lowest BCUT2D eigenvalue weighted by atomic mass is 9.98. The maximum Gasteiger partial charge on any atom is 0.102 e. The number of likely N-dealkylation sites (N-methyl/N-ethyl adjacent to an activating group) is 1. The van der Waals surface area contributed by atoms with Crippen molar-refractivity contribution in [3.8, 4) is 0 Å². The molecule has 21 heavy (non-hydrogen) atoms. The van der Waals surface area contributed by atoms with Gasteiger partial charge >= 0.3 is 0 Å². The van der Waals surface area contributed by atoms with Crippen LogP contribution in [0.5, 0.6) is 0 Å². The van der Waals surface area contributed by atoms with Crippen molar-refractivity contribution in [3.05, 3.63) is 48.0 Å². The molecule has 0 amide bonds. The smallest absolute Gasteiger partial charge is 0.102 e. The van der Waals surface area contributed by atoms with Crippen LogP contribution in [-0.4, -0.2) is 50.5 Å². The van der Waals surface area contributed by atoms with Gasteiger partial charge in [-0.25, -0.2) is 0 Å². The third-order valence-corrected chi connectivity index (χ3v) is 4.09. The van der Waals surface area contributed by atoms with Crippen LogP contribution in [-0.2, 0) is 4.74 Å². The Labute approximate surface area is 127 Å². The lowest BCUT2D eigenvalue weighted by molar-refractivity contribution is -0.891. The van der Waals surface area contributed by atoms with E-state index < -0.39 is 6.10 Å². The van der Waals surface area contributed by atoms with Crippen molar-refractivity contribution in [2.24, 2.45) is 0 Å². The summed E-state index contributed by atoms with van der Waals surface area (Å²) < 4.78 is 6.01. The molecular weight excluding hydrogens is 262 g/mol. The summed E-state index contributed by atoms with van der Waals surface area (Å²) in [6, 6.07) is 14.4. The fraction of sp³-hybridized carbons (Fsp3) is 0.444.